The lowest BCUT2D eigenvalue weighted by Gasteiger charge is -2.08. The molecule has 0 heterocycles. The Kier molecular flexibility index (Phi) is 16.3. The lowest BCUT2D eigenvalue weighted by molar-refractivity contribution is 0.194. The van der Waals surface area contributed by atoms with Crippen LogP contribution < -0.4 is 10.3 Å². The molecule has 27 heavy (non-hydrogen) atoms. The van der Waals surface area contributed by atoms with E-state index in [9.17, 15) is 0 Å². The Balaban J connectivity index is 1.93. The smallest absolute Gasteiger partial charge is 0.147 e. The first kappa shape index (κ1) is 24.0. The highest BCUT2D eigenvalue weighted by molar-refractivity contribution is 5.28. The van der Waals surface area contributed by atoms with Crippen LogP contribution in [0.15, 0.2) is 24.3 Å². The van der Waals surface area contributed by atoms with Gasteiger partial charge in [0.1, 0.15) is 5.75 Å². The van der Waals surface area contributed by atoms with Crippen molar-refractivity contribution in [3.05, 3.63) is 29.8 Å². The molecule has 0 aliphatic heterocycles. The number of nitrogens with one attached hydrogen (secondary N) is 1. The van der Waals surface area contributed by atoms with Crippen LogP contribution in [0.1, 0.15) is 116 Å². The number of aryl methyl sites for hydroxylation is 1. The van der Waals surface area contributed by atoms with Crippen molar-refractivity contribution in [3.8, 4) is 5.75 Å². The summed E-state index contributed by atoms with van der Waals surface area (Å²) in [5.74, 6) is 0.943. The SMILES string of the molecule is CCCCCCCCCCCCCCCc1cccc(ONCCCC)c1. The second kappa shape index (κ2) is 18.3. The van der Waals surface area contributed by atoms with Crippen molar-refractivity contribution in [2.45, 2.75) is 117 Å². The fourth-order valence-electron chi connectivity index (χ4n) is 3.49. The minimum atomic E-state index is 0.916. The summed E-state index contributed by atoms with van der Waals surface area (Å²) in [7, 11) is 0. The van der Waals surface area contributed by atoms with E-state index in [2.05, 4.69) is 37.5 Å². The molecule has 0 aliphatic rings. The van der Waals surface area contributed by atoms with Crippen molar-refractivity contribution >= 4 is 0 Å². The molecule has 0 saturated carbocycles. The first-order valence-electron chi connectivity index (χ1n) is 11.9. The highest BCUT2D eigenvalue weighted by Crippen LogP contribution is 2.16. The first-order valence-corrected chi connectivity index (χ1v) is 11.9. The van der Waals surface area contributed by atoms with Crippen molar-refractivity contribution in [3.63, 3.8) is 0 Å². The molecular formula is C25H45NO. The summed E-state index contributed by atoms with van der Waals surface area (Å²) in [5.41, 5.74) is 4.44. The van der Waals surface area contributed by atoms with Crippen LogP contribution in [0.4, 0.5) is 0 Å². The number of unbranched alkanes of at least 4 members (excludes halogenated alkanes) is 13. The molecule has 1 N–H and O–H groups in total. The molecule has 0 aliphatic carbocycles. The van der Waals surface area contributed by atoms with E-state index in [0.717, 1.165) is 18.7 Å². The first-order chi connectivity index (χ1) is 13.4. The Morgan fingerprint density at radius 2 is 1.22 bits per heavy atom. The average molecular weight is 376 g/mol. The van der Waals surface area contributed by atoms with Crippen LogP contribution in [-0.4, -0.2) is 6.54 Å². The van der Waals surface area contributed by atoms with E-state index in [-0.39, 0.29) is 0 Å². The fourth-order valence-corrected chi connectivity index (χ4v) is 3.49. The van der Waals surface area contributed by atoms with Crippen LogP contribution >= 0.6 is 0 Å². The molecule has 0 bridgehead atoms. The molecule has 1 rings (SSSR count). The zero-order valence-corrected chi connectivity index (χ0v) is 18.2. The molecule has 1 aromatic rings. The van der Waals surface area contributed by atoms with Crippen molar-refractivity contribution in [2.24, 2.45) is 0 Å². The Morgan fingerprint density at radius 1 is 0.667 bits per heavy atom. The number of rotatable bonds is 19. The lowest BCUT2D eigenvalue weighted by Crippen LogP contribution is -2.19. The van der Waals surface area contributed by atoms with Gasteiger partial charge in [0.15, 0.2) is 0 Å². The normalized spacial score (nSPS) is 11.0. The van der Waals surface area contributed by atoms with Gasteiger partial charge in [-0.2, -0.15) is 5.48 Å². The van der Waals surface area contributed by atoms with E-state index in [1.54, 1.807) is 0 Å². The minimum Gasteiger partial charge on any atom is -0.409 e. The third-order valence-corrected chi connectivity index (χ3v) is 5.29. The Bertz CT molecular complexity index is 432. The molecule has 1 aromatic carbocycles. The monoisotopic (exact) mass is 375 g/mol. The van der Waals surface area contributed by atoms with E-state index in [0.29, 0.717) is 0 Å². The maximum Gasteiger partial charge on any atom is 0.147 e. The van der Waals surface area contributed by atoms with Crippen molar-refractivity contribution < 1.29 is 4.84 Å². The zero-order chi connectivity index (χ0) is 19.4. The van der Waals surface area contributed by atoms with Crippen LogP contribution in [0.5, 0.6) is 5.75 Å². The molecule has 0 atom stereocenters. The van der Waals surface area contributed by atoms with Crippen LogP contribution in [0.3, 0.4) is 0 Å². The Morgan fingerprint density at radius 3 is 1.81 bits per heavy atom. The van der Waals surface area contributed by atoms with Crippen LogP contribution in [-0.2, 0) is 6.42 Å². The fraction of sp³-hybridized carbons (Fsp3) is 0.760. The second-order valence-corrected chi connectivity index (χ2v) is 7.99. The predicted octanol–water partition coefficient (Wildman–Crippen LogP) is 8.00. The Hall–Kier alpha value is -1.02. The number of hydrogen-bond donors (Lipinski definition) is 1. The molecule has 0 spiro atoms. The summed E-state index contributed by atoms with van der Waals surface area (Å²) in [6, 6.07) is 8.54. The van der Waals surface area contributed by atoms with Gasteiger partial charge < -0.3 is 4.84 Å². The Labute approximate surface area is 169 Å². The summed E-state index contributed by atoms with van der Waals surface area (Å²) in [6.45, 7) is 5.40. The highest BCUT2D eigenvalue weighted by atomic mass is 16.6. The van der Waals surface area contributed by atoms with Crippen LogP contribution in [0.25, 0.3) is 0 Å². The molecule has 0 radical (unpaired) electrons. The molecule has 0 aromatic heterocycles. The highest BCUT2D eigenvalue weighted by Gasteiger charge is 1.99. The second-order valence-electron chi connectivity index (χ2n) is 7.99. The van der Waals surface area contributed by atoms with Gasteiger partial charge in [0, 0.05) is 6.54 Å². The molecular weight excluding hydrogens is 330 g/mol. The molecule has 0 amide bonds. The summed E-state index contributed by atoms with van der Waals surface area (Å²) in [5, 5.41) is 0. The van der Waals surface area contributed by atoms with Crippen molar-refractivity contribution in [2.75, 3.05) is 6.54 Å². The van der Waals surface area contributed by atoms with Crippen LogP contribution in [0.2, 0.25) is 0 Å². The molecule has 2 heteroatoms. The van der Waals surface area contributed by atoms with E-state index in [4.69, 9.17) is 4.84 Å². The number of hydrogen-bond acceptors (Lipinski definition) is 2. The van der Waals surface area contributed by atoms with E-state index < -0.39 is 0 Å². The average Bonchev–Trinajstić information content (AvgIpc) is 2.69. The molecule has 0 unspecified atom stereocenters. The maximum atomic E-state index is 5.62. The van der Waals surface area contributed by atoms with Crippen molar-refractivity contribution in [1.29, 1.82) is 0 Å². The van der Waals surface area contributed by atoms with Gasteiger partial charge >= 0.3 is 0 Å². The van der Waals surface area contributed by atoms with Gasteiger partial charge in [-0.15, -0.1) is 0 Å². The van der Waals surface area contributed by atoms with Gasteiger partial charge in [-0.25, -0.2) is 0 Å². The zero-order valence-electron chi connectivity index (χ0n) is 18.2. The largest absolute Gasteiger partial charge is 0.409 e. The van der Waals surface area contributed by atoms with Gasteiger partial charge in [-0.1, -0.05) is 109 Å². The van der Waals surface area contributed by atoms with E-state index >= 15 is 0 Å². The third-order valence-electron chi connectivity index (χ3n) is 5.29. The summed E-state index contributed by atoms with van der Waals surface area (Å²) in [4.78, 5) is 5.62. The van der Waals surface area contributed by atoms with Gasteiger partial charge in [0.05, 0.1) is 0 Å². The number of benzene rings is 1. The molecule has 156 valence electrons. The summed E-state index contributed by atoms with van der Waals surface area (Å²) in [6.07, 6.45) is 21.9. The third kappa shape index (κ3) is 14.7. The van der Waals surface area contributed by atoms with Gasteiger partial charge in [0.25, 0.3) is 0 Å². The van der Waals surface area contributed by atoms with Crippen molar-refractivity contribution in [1.82, 2.24) is 5.48 Å². The standard InChI is InChI=1S/C25H45NO/c1-3-5-7-8-9-10-11-12-13-14-15-16-17-19-24-20-18-21-25(23-24)27-26-22-6-4-2/h18,20-21,23,26H,3-17,19,22H2,1-2H3. The quantitative estimate of drug-likeness (QED) is 0.195. The molecule has 0 fully saturated rings. The van der Waals surface area contributed by atoms with E-state index in [1.807, 2.05) is 6.07 Å². The van der Waals surface area contributed by atoms with Gasteiger partial charge in [-0.05, 0) is 37.0 Å². The maximum absolute atomic E-state index is 5.62. The molecule has 2 nitrogen and oxygen atoms in total. The summed E-state index contributed by atoms with van der Waals surface area (Å²) >= 11 is 0. The van der Waals surface area contributed by atoms with Crippen LogP contribution in [0, 0.1) is 0 Å². The van der Waals surface area contributed by atoms with Gasteiger partial charge in [-0.3, -0.25) is 0 Å². The minimum absolute atomic E-state index is 0.916. The lowest BCUT2D eigenvalue weighted by atomic mass is 10.0. The van der Waals surface area contributed by atoms with E-state index in [1.165, 1.54) is 102 Å². The topological polar surface area (TPSA) is 21.3 Å². The van der Waals surface area contributed by atoms with Gasteiger partial charge in [0.2, 0.25) is 0 Å². The molecule has 0 saturated heterocycles. The predicted molar refractivity (Wildman–Crippen MR) is 119 cm³/mol. The summed E-state index contributed by atoms with van der Waals surface area (Å²) < 4.78 is 0. The number of hydroxylamine groups is 1.